The number of benzene rings is 3. The van der Waals surface area contributed by atoms with Gasteiger partial charge >= 0.3 is 0 Å². The second-order valence-electron chi connectivity index (χ2n) is 6.83. The van der Waals surface area contributed by atoms with E-state index in [0.29, 0.717) is 11.6 Å². The first-order chi connectivity index (χ1) is 15.2. The lowest BCUT2D eigenvalue weighted by Crippen LogP contribution is -1.91. The molecule has 158 valence electrons. The highest BCUT2D eigenvalue weighted by Gasteiger charge is 2.18. The molecule has 0 saturated heterocycles. The van der Waals surface area contributed by atoms with Crippen LogP contribution in [0, 0.1) is 0 Å². The van der Waals surface area contributed by atoms with E-state index in [0.717, 1.165) is 45.3 Å². The van der Waals surface area contributed by atoms with E-state index in [1.807, 2.05) is 66.7 Å². The molecule has 0 amide bonds. The molecule has 0 aliphatic heterocycles. The molecule has 1 N–H and O–H groups in total. The fourth-order valence-corrected chi connectivity index (χ4v) is 3.42. The van der Waals surface area contributed by atoms with Crippen molar-refractivity contribution in [2.75, 3.05) is 28.4 Å². The Labute approximate surface area is 181 Å². The summed E-state index contributed by atoms with van der Waals surface area (Å²) in [5.74, 6) is 3.69. The molecule has 0 fully saturated rings. The lowest BCUT2D eigenvalue weighted by Gasteiger charge is -2.08. The van der Waals surface area contributed by atoms with Crippen molar-refractivity contribution in [3.63, 3.8) is 0 Å². The van der Waals surface area contributed by atoms with Crippen LogP contribution in [-0.2, 0) is 0 Å². The number of ether oxygens (including phenoxy) is 4. The van der Waals surface area contributed by atoms with Crippen LogP contribution in [0.5, 0.6) is 23.0 Å². The van der Waals surface area contributed by atoms with E-state index in [2.05, 4.69) is 4.98 Å². The summed E-state index contributed by atoms with van der Waals surface area (Å²) in [7, 11) is 6.57. The van der Waals surface area contributed by atoms with Gasteiger partial charge in [-0.2, -0.15) is 0 Å². The van der Waals surface area contributed by atoms with Gasteiger partial charge in [-0.3, -0.25) is 0 Å². The van der Waals surface area contributed by atoms with Gasteiger partial charge in [0.2, 0.25) is 0 Å². The number of rotatable bonds is 7. The molecule has 0 radical (unpaired) electrons. The Morgan fingerprint density at radius 3 is 1.71 bits per heavy atom. The first-order valence-corrected chi connectivity index (χ1v) is 9.78. The third-order valence-corrected chi connectivity index (χ3v) is 5.11. The molecule has 1 aromatic heterocycles. The largest absolute Gasteiger partial charge is 0.497 e. The van der Waals surface area contributed by atoms with E-state index in [-0.39, 0.29) is 0 Å². The third-order valence-electron chi connectivity index (χ3n) is 5.11. The number of aromatic nitrogens is 2. The van der Waals surface area contributed by atoms with Crippen molar-refractivity contribution in [1.82, 2.24) is 9.97 Å². The van der Waals surface area contributed by atoms with Crippen LogP contribution in [0.3, 0.4) is 0 Å². The number of nitrogens with zero attached hydrogens (tertiary/aromatic N) is 1. The fourth-order valence-electron chi connectivity index (χ4n) is 3.42. The third kappa shape index (κ3) is 4.05. The van der Waals surface area contributed by atoms with Crippen molar-refractivity contribution in [2.45, 2.75) is 0 Å². The van der Waals surface area contributed by atoms with E-state index in [9.17, 15) is 0 Å². The summed E-state index contributed by atoms with van der Waals surface area (Å²) in [5.41, 5.74) is 4.55. The van der Waals surface area contributed by atoms with E-state index >= 15 is 0 Å². The summed E-state index contributed by atoms with van der Waals surface area (Å²) in [6.07, 6.45) is 0. The minimum atomic E-state index is 0.677. The van der Waals surface area contributed by atoms with Crippen LogP contribution in [0.4, 0.5) is 0 Å². The van der Waals surface area contributed by atoms with Crippen molar-refractivity contribution in [3.8, 4) is 56.9 Å². The van der Waals surface area contributed by atoms with Gasteiger partial charge in [-0.15, -0.1) is 0 Å². The van der Waals surface area contributed by atoms with Crippen molar-refractivity contribution in [3.05, 3.63) is 66.7 Å². The highest BCUT2D eigenvalue weighted by Crippen LogP contribution is 2.38. The molecule has 1 heterocycles. The van der Waals surface area contributed by atoms with Gasteiger partial charge in [0.05, 0.1) is 45.4 Å². The molecule has 4 rings (SSSR count). The first kappa shape index (κ1) is 20.3. The summed E-state index contributed by atoms with van der Waals surface area (Å²) in [6, 6.07) is 21.4. The van der Waals surface area contributed by atoms with Gasteiger partial charge in [-0.25, -0.2) is 4.98 Å². The standard InChI is InChI=1S/C25H24N2O4/c1-28-18-9-5-16(6-10-18)23-24(17-7-11-19(29-2)12-8-17)27-25(26-23)21-14-13-20(30-3)15-22(21)31-4/h5-15H,1-4H3,(H,26,27). The van der Waals surface area contributed by atoms with Crippen LogP contribution in [0.15, 0.2) is 66.7 Å². The monoisotopic (exact) mass is 416 g/mol. The number of hydrogen-bond donors (Lipinski definition) is 1. The average molecular weight is 416 g/mol. The van der Waals surface area contributed by atoms with E-state index in [1.54, 1.807) is 28.4 Å². The van der Waals surface area contributed by atoms with Crippen molar-refractivity contribution in [1.29, 1.82) is 0 Å². The number of hydrogen-bond acceptors (Lipinski definition) is 5. The molecule has 0 atom stereocenters. The minimum absolute atomic E-state index is 0.677. The Morgan fingerprint density at radius 1 is 0.613 bits per heavy atom. The van der Waals surface area contributed by atoms with Gasteiger partial charge < -0.3 is 23.9 Å². The average Bonchev–Trinajstić information content (AvgIpc) is 3.29. The Hall–Kier alpha value is -3.93. The van der Waals surface area contributed by atoms with Gasteiger partial charge in [0.15, 0.2) is 0 Å². The maximum atomic E-state index is 5.59. The molecule has 0 aliphatic carbocycles. The maximum Gasteiger partial charge on any atom is 0.142 e. The van der Waals surface area contributed by atoms with Crippen LogP contribution in [0.25, 0.3) is 33.9 Å². The van der Waals surface area contributed by atoms with Crippen LogP contribution < -0.4 is 18.9 Å². The summed E-state index contributed by atoms with van der Waals surface area (Å²) in [4.78, 5) is 8.43. The zero-order valence-corrected chi connectivity index (χ0v) is 17.9. The van der Waals surface area contributed by atoms with Crippen LogP contribution in [0.2, 0.25) is 0 Å². The molecular weight excluding hydrogens is 392 g/mol. The molecule has 4 aromatic rings. The Balaban J connectivity index is 1.87. The lowest BCUT2D eigenvalue weighted by molar-refractivity contribution is 0.395. The Kier molecular flexibility index (Phi) is 5.80. The van der Waals surface area contributed by atoms with E-state index in [1.165, 1.54) is 0 Å². The highest BCUT2D eigenvalue weighted by molar-refractivity contribution is 5.82. The molecule has 31 heavy (non-hydrogen) atoms. The molecule has 0 unspecified atom stereocenters. The smallest absolute Gasteiger partial charge is 0.142 e. The Morgan fingerprint density at radius 2 is 1.16 bits per heavy atom. The quantitative estimate of drug-likeness (QED) is 0.434. The van der Waals surface area contributed by atoms with Crippen LogP contribution >= 0.6 is 0 Å². The van der Waals surface area contributed by atoms with Gasteiger partial charge in [-0.05, 0) is 60.7 Å². The van der Waals surface area contributed by atoms with Crippen molar-refractivity contribution >= 4 is 0 Å². The first-order valence-electron chi connectivity index (χ1n) is 9.78. The second kappa shape index (κ2) is 8.83. The molecule has 0 saturated carbocycles. The number of methoxy groups -OCH3 is 4. The molecule has 0 aliphatic rings. The zero-order valence-electron chi connectivity index (χ0n) is 17.9. The van der Waals surface area contributed by atoms with Crippen molar-refractivity contribution in [2.24, 2.45) is 0 Å². The lowest BCUT2D eigenvalue weighted by atomic mass is 10.0. The summed E-state index contributed by atoms with van der Waals surface area (Å²) >= 11 is 0. The summed E-state index contributed by atoms with van der Waals surface area (Å²) < 4.78 is 21.5. The van der Waals surface area contributed by atoms with Gasteiger partial charge in [-0.1, -0.05) is 0 Å². The van der Waals surface area contributed by atoms with E-state index < -0.39 is 0 Å². The molecule has 6 heteroatoms. The minimum Gasteiger partial charge on any atom is -0.497 e. The number of nitrogens with one attached hydrogen (secondary N) is 1. The van der Waals surface area contributed by atoms with Gasteiger partial charge in [0, 0.05) is 17.2 Å². The number of aromatic amines is 1. The SMILES string of the molecule is COc1ccc(-c2nc(-c3ccc(OC)cc3OC)[nH]c2-c2ccc(OC)cc2)cc1. The van der Waals surface area contributed by atoms with Crippen LogP contribution in [0.1, 0.15) is 0 Å². The molecular formula is C25H24N2O4. The number of imidazole rings is 1. The number of H-pyrrole nitrogens is 1. The molecule has 0 bridgehead atoms. The normalized spacial score (nSPS) is 10.6. The topological polar surface area (TPSA) is 65.6 Å². The maximum absolute atomic E-state index is 5.59. The fraction of sp³-hybridized carbons (Fsp3) is 0.160. The predicted molar refractivity (Wildman–Crippen MR) is 121 cm³/mol. The highest BCUT2D eigenvalue weighted by atomic mass is 16.5. The van der Waals surface area contributed by atoms with Crippen molar-refractivity contribution < 1.29 is 18.9 Å². The van der Waals surface area contributed by atoms with Gasteiger partial charge in [0.1, 0.15) is 28.8 Å². The Bertz CT molecular complexity index is 1100. The summed E-state index contributed by atoms with van der Waals surface area (Å²) in [5, 5.41) is 0. The van der Waals surface area contributed by atoms with Gasteiger partial charge in [0.25, 0.3) is 0 Å². The predicted octanol–water partition coefficient (Wildman–Crippen LogP) is 5.45. The molecule has 6 nitrogen and oxygen atoms in total. The molecule has 3 aromatic carbocycles. The van der Waals surface area contributed by atoms with E-state index in [4.69, 9.17) is 23.9 Å². The molecule has 0 spiro atoms. The summed E-state index contributed by atoms with van der Waals surface area (Å²) in [6.45, 7) is 0. The second-order valence-corrected chi connectivity index (χ2v) is 6.83. The zero-order chi connectivity index (χ0) is 21.8. The van der Waals surface area contributed by atoms with Crippen LogP contribution in [-0.4, -0.2) is 38.4 Å².